The van der Waals surface area contributed by atoms with Crippen molar-refractivity contribution in [3.8, 4) is 0 Å². The first-order valence-corrected chi connectivity index (χ1v) is 31.6. The topological polar surface area (TPSA) is 149 Å². The number of hydrogen-bond acceptors (Lipinski definition) is 8. The van der Waals surface area contributed by atoms with Gasteiger partial charge in [-0.2, -0.15) is 0 Å². The van der Waals surface area contributed by atoms with Gasteiger partial charge < -0.3 is 40.3 Å². The van der Waals surface area contributed by atoms with Crippen molar-refractivity contribution in [2.75, 3.05) is 13.2 Å². The molecule has 0 bridgehead atoms. The lowest BCUT2D eigenvalue weighted by atomic mass is 9.99. The van der Waals surface area contributed by atoms with Crippen LogP contribution in [0, 0.1) is 0 Å². The molecule has 0 aliphatic carbocycles. The fourth-order valence-corrected chi connectivity index (χ4v) is 10.3. The Morgan fingerprint density at radius 1 is 0.458 bits per heavy atom. The molecule has 9 heteroatoms. The summed E-state index contributed by atoms with van der Waals surface area (Å²) in [4.78, 5) is 13.1. The lowest BCUT2D eigenvalue weighted by Crippen LogP contribution is -2.60. The van der Waals surface area contributed by atoms with Gasteiger partial charge in [0.15, 0.2) is 6.29 Å². The Morgan fingerprint density at radius 3 is 1.12 bits per heavy atom. The smallest absolute Gasteiger partial charge is 0.220 e. The molecule has 0 spiro atoms. The number of hydrogen-bond donors (Lipinski definition) is 6. The maximum Gasteiger partial charge on any atom is 0.220 e. The Kier molecular flexibility index (Phi) is 50.6. The zero-order chi connectivity index (χ0) is 52.2. The van der Waals surface area contributed by atoms with E-state index in [0.29, 0.717) is 6.42 Å². The standard InChI is InChI=1S/C63H121NO8/c1-3-5-7-9-11-13-15-17-19-21-22-23-24-25-26-27-28-29-30-31-32-33-34-35-36-37-39-41-43-45-47-49-51-53-59(67)64-56(55-71-63-62(70)61(69)60(68)58(54-65)72-63)57(66)52-50-48-46-44-42-40-38-20-18-16-14-12-10-8-6-4-2/h21-22,50,52,56-58,60-63,65-66,68-70H,3-20,23-49,51,53-55H2,1-2H3,(H,64,67)/b22-21-,52-50+. The number of nitrogens with one attached hydrogen (secondary N) is 1. The minimum Gasteiger partial charge on any atom is -0.394 e. The van der Waals surface area contributed by atoms with Crippen LogP contribution in [0.4, 0.5) is 0 Å². The van der Waals surface area contributed by atoms with Crippen molar-refractivity contribution in [2.24, 2.45) is 0 Å². The summed E-state index contributed by atoms with van der Waals surface area (Å²) < 4.78 is 11.3. The molecule has 7 atom stereocenters. The first-order valence-electron chi connectivity index (χ1n) is 31.6. The van der Waals surface area contributed by atoms with Gasteiger partial charge in [0.1, 0.15) is 24.4 Å². The zero-order valence-corrected chi connectivity index (χ0v) is 47.5. The minimum atomic E-state index is -1.56. The van der Waals surface area contributed by atoms with E-state index in [2.05, 4.69) is 31.3 Å². The molecule has 1 aliphatic rings. The highest BCUT2D eigenvalue weighted by molar-refractivity contribution is 5.76. The minimum absolute atomic E-state index is 0.170. The monoisotopic (exact) mass is 1020 g/mol. The van der Waals surface area contributed by atoms with Crippen LogP contribution in [0.2, 0.25) is 0 Å². The van der Waals surface area contributed by atoms with Crippen molar-refractivity contribution in [3.05, 3.63) is 24.3 Å². The third-order valence-corrected chi connectivity index (χ3v) is 15.3. The summed E-state index contributed by atoms with van der Waals surface area (Å²) >= 11 is 0. The predicted octanol–water partition coefficient (Wildman–Crippen LogP) is 16.1. The van der Waals surface area contributed by atoms with E-state index in [4.69, 9.17) is 9.47 Å². The van der Waals surface area contributed by atoms with E-state index < -0.39 is 49.5 Å². The van der Waals surface area contributed by atoms with Crippen molar-refractivity contribution in [1.29, 1.82) is 0 Å². The molecule has 1 saturated heterocycles. The fourth-order valence-electron chi connectivity index (χ4n) is 10.3. The maximum atomic E-state index is 13.1. The Labute approximate surface area is 445 Å². The van der Waals surface area contributed by atoms with Crippen molar-refractivity contribution < 1.29 is 39.8 Å². The fraction of sp³-hybridized carbons (Fsp3) is 0.921. The van der Waals surface area contributed by atoms with Gasteiger partial charge in [-0.25, -0.2) is 0 Å². The molecule has 1 rings (SSSR count). The van der Waals surface area contributed by atoms with Crippen LogP contribution in [0.25, 0.3) is 0 Å². The van der Waals surface area contributed by atoms with Gasteiger partial charge >= 0.3 is 0 Å². The Hall–Kier alpha value is -1.33. The lowest BCUT2D eigenvalue weighted by Gasteiger charge is -2.40. The van der Waals surface area contributed by atoms with Gasteiger partial charge in [-0.15, -0.1) is 0 Å². The highest BCUT2D eigenvalue weighted by Gasteiger charge is 2.44. The SMILES string of the molecule is CCCCCCCCCC/C=C\CCCCCCCCCCCCCCCCCCCCCCCC(=O)NC(COC1OC(CO)C(O)C(O)C1O)C(O)/C=C/CCCCCCCCCCCCCCCC. The number of amides is 1. The summed E-state index contributed by atoms with van der Waals surface area (Å²) in [6, 6.07) is -0.802. The molecule has 426 valence electrons. The molecule has 0 aromatic carbocycles. The van der Waals surface area contributed by atoms with Crippen molar-refractivity contribution in [2.45, 2.75) is 358 Å². The second-order valence-corrected chi connectivity index (χ2v) is 22.2. The Bertz CT molecular complexity index is 1180. The second-order valence-electron chi connectivity index (χ2n) is 22.2. The van der Waals surface area contributed by atoms with Gasteiger partial charge in [0.05, 0.1) is 25.4 Å². The summed E-state index contributed by atoms with van der Waals surface area (Å²) in [7, 11) is 0. The average Bonchev–Trinajstić information content (AvgIpc) is 3.38. The molecule has 7 unspecified atom stereocenters. The average molecular weight is 1020 g/mol. The Balaban J connectivity index is 2.10. The summed E-state index contributed by atoms with van der Waals surface area (Å²) in [6.45, 7) is 3.81. The van der Waals surface area contributed by atoms with Gasteiger partial charge in [-0.1, -0.05) is 289 Å². The molecule has 0 aromatic rings. The quantitative estimate of drug-likeness (QED) is 0.0261. The van der Waals surface area contributed by atoms with Crippen LogP contribution in [-0.4, -0.2) is 87.5 Å². The van der Waals surface area contributed by atoms with E-state index >= 15 is 0 Å². The van der Waals surface area contributed by atoms with E-state index in [-0.39, 0.29) is 12.5 Å². The number of aliphatic hydroxyl groups is 5. The third-order valence-electron chi connectivity index (χ3n) is 15.3. The van der Waals surface area contributed by atoms with Gasteiger partial charge in [-0.05, 0) is 44.9 Å². The summed E-state index contributed by atoms with van der Waals surface area (Å²) in [5.74, 6) is -0.170. The first kappa shape index (κ1) is 68.7. The van der Waals surface area contributed by atoms with Crippen LogP contribution >= 0.6 is 0 Å². The van der Waals surface area contributed by atoms with Crippen LogP contribution in [0.5, 0.6) is 0 Å². The van der Waals surface area contributed by atoms with Crippen molar-refractivity contribution in [1.82, 2.24) is 5.32 Å². The number of rotatable bonds is 55. The molecular weight excluding hydrogens is 899 g/mol. The third kappa shape index (κ3) is 41.9. The maximum absolute atomic E-state index is 13.1. The molecule has 1 fully saturated rings. The molecular formula is C63H121NO8. The molecule has 0 radical (unpaired) electrons. The molecule has 6 N–H and O–H groups in total. The van der Waals surface area contributed by atoms with Crippen molar-refractivity contribution >= 4 is 5.91 Å². The number of aliphatic hydroxyl groups excluding tert-OH is 5. The number of carbonyl (C=O) groups is 1. The van der Waals surface area contributed by atoms with E-state index in [0.717, 1.165) is 38.5 Å². The predicted molar refractivity (Wildman–Crippen MR) is 304 cm³/mol. The molecule has 0 saturated carbocycles. The number of ether oxygens (including phenoxy) is 2. The number of allylic oxidation sites excluding steroid dienone is 3. The largest absolute Gasteiger partial charge is 0.394 e. The van der Waals surface area contributed by atoms with Crippen LogP contribution in [0.3, 0.4) is 0 Å². The zero-order valence-electron chi connectivity index (χ0n) is 47.5. The molecule has 1 amide bonds. The lowest BCUT2D eigenvalue weighted by molar-refractivity contribution is -0.302. The summed E-state index contributed by atoms with van der Waals surface area (Å²) in [6.07, 6.45) is 61.3. The van der Waals surface area contributed by atoms with E-state index in [1.807, 2.05) is 6.08 Å². The van der Waals surface area contributed by atoms with Crippen LogP contribution in [0.15, 0.2) is 24.3 Å². The first-order chi connectivity index (χ1) is 35.3. The van der Waals surface area contributed by atoms with Crippen LogP contribution in [0.1, 0.15) is 316 Å². The van der Waals surface area contributed by atoms with E-state index in [1.54, 1.807) is 6.08 Å². The highest BCUT2D eigenvalue weighted by atomic mass is 16.7. The second kappa shape index (κ2) is 53.1. The van der Waals surface area contributed by atoms with Gasteiger partial charge in [-0.3, -0.25) is 4.79 Å². The number of unbranched alkanes of at least 4 members (excludes halogenated alkanes) is 43. The van der Waals surface area contributed by atoms with Crippen molar-refractivity contribution in [3.63, 3.8) is 0 Å². The molecule has 1 aliphatic heterocycles. The number of carbonyl (C=O) groups excluding carboxylic acids is 1. The summed E-state index contributed by atoms with van der Waals surface area (Å²) in [5, 5.41) is 54.5. The van der Waals surface area contributed by atoms with Crippen LogP contribution in [-0.2, 0) is 14.3 Å². The normalized spacial score (nSPS) is 19.2. The summed E-state index contributed by atoms with van der Waals surface area (Å²) in [5.41, 5.74) is 0. The molecule has 72 heavy (non-hydrogen) atoms. The van der Waals surface area contributed by atoms with Gasteiger partial charge in [0.25, 0.3) is 0 Å². The molecule has 9 nitrogen and oxygen atoms in total. The molecule has 1 heterocycles. The Morgan fingerprint density at radius 2 is 0.778 bits per heavy atom. The van der Waals surface area contributed by atoms with E-state index in [9.17, 15) is 30.3 Å². The van der Waals surface area contributed by atoms with E-state index in [1.165, 1.54) is 257 Å². The molecule has 0 aromatic heterocycles. The van der Waals surface area contributed by atoms with Gasteiger partial charge in [0, 0.05) is 6.42 Å². The highest BCUT2D eigenvalue weighted by Crippen LogP contribution is 2.23. The van der Waals surface area contributed by atoms with Gasteiger partial charge in [0.2, 0.25) is 5.91 Å². The van der Waals surface area contributed by atoms with Crippen LogP contribution < -0.4 is 5.32 Å².